The first-order valence-corrected chi connectivity index (χ1v) is 15.4. The molecule has 1 spiro atoms. The number of H-pyrrole nitrogens is 1. The summed E-state index contributed by atoms with van der Waals surface area (Å²) in [5, 5.41) is 12.4. The minimum Gasteiger partial charge on any atom is -0.356 e. The number of rotatable bonds is 5. The number of likely N-dealkylation sites (tertiary alicyclic amines) is 2. The van der Waals surface area contributed by atoms with Gasteiger partial charge in [-0.25, -0.2) is 9.37 Å². The standard InChI is InChI=1S/C32H36ClFN8O/c1-4-25(43)42-17-32(18-42)9-13-41(14-10-32)30-21-15-23(33)27(26-19(2)5-6-24-22(26)16-35-39-24)28(34)29(21)37-31(38-30)36-20-7-11-40(3)12-8-20/h4-6,15-16,20H,1,7-14,17-18H2,2-3H3,(H,35,39)(H,36,37,38). The highest BCUT2D eigenvalue weighted by molar-refractivity contribution is 6.35. The Hall–Kier alpha value is -3.76. The molecule has 2 aromatic carbocycles. The SMILES string of the molecule is C=CC(=O)N1CC2(CCN(c3nc(NC4CCN(C)CC4)nc4c(F)c(-c5c(C)ccc6[nH]ncc56)c(Cl)cc34)CC2)C1. The van der Waals surface area contributed by atoms with Crippen LogP contribution < -0.4 is 10.2 Å². The van der Waals surface area contributed by atoms with Gasteiger partial charge in [-0.2, -0.15) is 10.1 Å². The van der Waals surface area contributed by atoms with Gasteiger partial charge in [-0.1, -0.05) is 24.2 Å². The molecule has 9 nitrogen and oxygen atoms in total. The van der Waals surface area contributed by atoms with E-state index in [1.165, 1.54) is 6.08 Å². The number of aryl methyl sites for hydroxylation is 1. The van der Waals surface area contributed by atoms with Gasteiger partial charge in [-0.05, 0) is 76.5 Å². The van der Waals surface area contributed by atoms with Crippen molar-refractivity contribution in [3.63, 3.8) is 0 Å². The number of nitrogens with one attached hydrogen (secondary N) is 2. The number of carbonyl (C=O) groups excluding carboxylic acids is 1. The Labute approximate surface area is 255 Å². The van der Waals surface area contributed by atoms with Crippen molar-refractivity contribution in [2.24, 2.45) is 5.41 Å². The van der Waals surface area contributed by atoms with Gasteiger partial charge in [0.15, 0.2) is 5.82 Å². The molecule has 2 N–H and O–H groups in total. The number of amides is 1. The van der Waals surface area contributed by atoms with Crippen LogP contribution in [0.5, 0.6) is 0 Å². The second-order valence-corrected chi connectivity index (χ2v) is 12.9. The molecule has 1 amide bonds. The molecule has 4 aromatic rings. The zero-order chi connectivity index (χ0) is 29.9. The molecule has 0 radical (unpaired) electrons. The van der Waals surface area contributed by atoms with E-state index >= 15 is 4.39 Å². The molecule has 11 heteroatoms. The van der Waals surface area contributed by atoms with Crippen LogP contribution in [-0.4, -0.2) is 88.2 Å². The molecule has 2 aromatic heterocycles. The Morgan fingerprint density at radius 3 is 2.60 bits per heavy atom. The number of aromatic amines is 1. The van der Waals surface area contributed by atoms with Gasteiger partial charge in [0.2, 0.25) is 11.9 Å². The fraction of sp³-hybridized carbons (Fsp3) is 0.438. The summed E-state index contributed by atoms with van der Waals surface area (Å²) in [6, 6.07) is 5.92. The maximum absolute atomic E-state index is 16.8. The van der Waals surface area contributed by atoms with Gasteiger partial charge in [0, 0.05) is 59.5 Å². The second-order valence-electron chi connectivity index (χ2n) is 12.5. The number of fused-ring (bicyclic) bond motifs is 2. The van der Waals surface area contributed by atoms with Crippen molar-refractivity contribution in [3.8, 4) is 11.1 Å². The van der Waals surface area contributed by atoms with Crippen molar-refractivity contribution >= 4 is 51.1 Å². The van der Waals surface area contributed by atoms with Gasteiger partial charge in [0.1, 0.15) is 11.3 Å². The average molecular weight is 603 g/mol. The fourth-order valence-electron chi connectivity index (χ4n) is 7.07. The van der Waals surface area contributed by atoms with Gasteiger partial charge in [-0.15, -0.1) is 0 Å². The van der Waals surface area contributed by atoms with Crippen molar-refractivity contribution in [1.29, 1.82) is 0 Å². The summed E-state index contributed by atoms with van der Waals surface area (Å²) >= 11 is 6.93. The van der Waals surface area contributed by atoms with Crippen LogP contribution in [0.3, 0.4) is 0 Å². The number of anilines is 2. The number of hydrogen-bond donors (Lipinski definition) is 2. The summed E-state index contributed by atoms with van der Waals surface area (Å²) in [7, 11) is 2.13. The van der Waals surface area contributed by atoms with Gasteiger partial charge in [-0.3, -0.25) is 9.89 Å². The third kappa shape index (κ3) is 4.90. The van der Waals surface area contributed by atoms with Crippen LogP contribution in [-0.2, 0) is 4.79 Å². The first-order valence-electron chi connectivity index (χ1n) is 15.0. The van der Waals surface area contributed by atoms with Crippen LogP contribution in [0.1, 0.15) is 31.2 Å². The maximum atomic E-state index is 16.8. The molecule has 3 fully saturated rings. The van der Waals surface area contributed by atoms with Crippen molar-refractivity contribution in [2.75, 3.05) is 56.5 Å². The van der Waals surface area contributed by atoms with Crippen molar-refractivity contribution in [3.05, 3.63) is 53.5 Å². The summed E-state index contributed by atoms with van der Waals surface area (Å²) < 4.78 is 16.8. The summed E-state index contributed by atoms with van der Waals surface area (Å²) in [4.78, 5) is 28.2. The monoisotopic (exact) mass is 602 g/mol. The normalized spacial score (nSPS) is 19.3. The van der Waals surface area contributed by atoms with E-state index in [0.717, 1.165) is 81.4 Å². The highest BCUT2D eigenvalue weighted by Crippen LogP contribution is 2.45. The van der Waals surface area contributed by atoms with Gasteiger partial charge < -0.3 is 20.0 Å². The third-order valence-electron chi connectivity index (χ3n) is 9.66. The number of aromatic nitrogens is 4. The Morgan fingerprint density at radius 2 is 1.88 bits per heavy atom. The lowest BCUT2D eigenvalue weighted by Crippen LogP contribution is -2.61. The molecule has 5 heterocycles. The minimum absolute atomic E-state index is 0.0123. The number of benzene rings is 2. The molecule has 0 saturated carbocycles. The molecule has 0 bridgehead atoms. The molecule has 43 heavy (non-hydrogen) atoms. The summed E-state index contributed by atoms with van der Waals surface area (Å²) in [6.07, 6.45) is 6.88. The Balaban J connectivity index is 1.29. The quantitative estimate of drug-likeness (QED) is 0.296. The van der Waals surface area contributed by atoms with E-state index in [1.54, 1.807) is 6.20 Å². The lowest BCUT2D eigenvalue weighted by molar-refractivity contribution is -0.139. The van der Waals surface area contributed by atoms with Crippen molar-refractivity contribution < 1.29 is 9.18 Å². The second kappa shape index (κ2) is 10.7. The van der Waals surface area contributed by atoms with Crippen molar-refractivity contribution in [1.82, 2.24) is 30.0 Å². The van der Waals surface area contributed by atoms with E-state index < -0.39 is 5.82 Å². The summed E-state index contributed by atoms with van der Waals surface area (Å²) in [6.45, 7) is 10.6. The Bertz CT molecular complexity index is 1730. The third-order valence-corrected chi connectivity index (χ3v) is 9.96. The zero-order valence-corrected chi connectivity index (χ0v) is 25.3. The van der Waals surface area contributed by atoms with Crippen LogP contribution in [0.4, 0.5) is 16.2 Å². The Kier molecular flexibility index (Phi) is 7.01. The number of nitrogens with zero attached hydrogens (tertiary/aromatic N) is 6. The number of piperidine rings is 2. The van der Waals surface area contributed by atoms with Crippen LogP contribution in [0.2, 0.25) is 5.02 Å². The fourth-order valence-corrected chi connectivity index (χ4v) is 7.35. The average Bonchev–Trinajstić information content (AvgIpc) is 3.47. The highest BCUT2D eigenvalue weighted by Gasteiger charge is 2.46. The van der Waals surface area contributed by atoms with E-state index in [2.05, 4.69) is 38.9 Å². The summed E-state index contributed by atoms with van der Waals surface area (Å²) in [5.74, 6) is 0.663. The van der Waals surface area contributed by atoms with E-state index in [-0.39, 0.29) is 22.9 Å². The predicted molar refractivity (Wildman–Crippen MR) is 169 cm³/mol. The Morgan fingerprint density at radius 1 is 1.14 bits per heavy atom. The highest BCUT2D eigenvalue weighted by atomic mass is 35.5. The number of halogens is 2. The molecule has 3 aliphatic rings. The molecule has 224 valence electrons. The molecule has 3 saturated heterocycles. The largest absolute Gasteiger partial charge is 0.356 e. The minimum atomic E-state index is -0.458. The van der Waals surface area contributed by atoms with Gasteiger partial charge in [0.25, 0.3) is 0 Å². The lowest BCUT2D eigenvalue weighted by atomic mass is 9.72. The van der Waals surface area contributed by atoms with Crippen LogP contribution in [0.15, 0.2) is 37.1 Å². The van der Waals surface area contributed by atoms with Gasteiger partial charge in [0.05, 0.1) is 16.7 Å². The van der Waals surface area contributed by atoms with Crippen LogP contribution >= 0.6 is 11.6 Å². The zero-order valence-electron chi connectivity index (χ0n) is 24.6. The van der Waals surface area contributed by atoms with Crippen LogP contribution in [0, 0.1) is 18.2 Å². The van der Waals surface area contributed by atoms with Crippen molar-refractivity contribution in [2.45, 2.75) is 38.6 Å². The smallest absolute Gasteiger partial charge is 0.245 e. The van der Waals surface area contributed by atoms with Crippen LogP contribution in [0.25, 0.3) is 32.9 Å². The lowest BCUT2D eigenvalue weighted by Gasteiger charge is -2.54. The maximum Gasteiger partial charge on any atom is 0.245 e. The molecule has 7 rings (SSSR count). The van der Waals surface area contributed by atoms with E-state index in [1.807, 2.05) is 30.0 Å². The molecule has 3 aliphatic heterocycles. The van der Waals surface area contributed by atoms with Gasteiger partial charge >= 0.3 is 0 Å². The topological polar surface area (TPSA) is 93.3 Å². The first-order chi connectivity index (χ1) is 20.7. The molecular weight excluding hydrogens is 567 g/mol. The van der Waals surface area contributed by atoms with E-state index in [4.69, 9.17) is 21.6 Å². The number of hydrogen-bond acceptors (Lipinski definition) is 7. The first kappa shape index (κ1) is 28.0. The molecular formula is C32H36ClFN8O. The molecule has 0 aliphatic carbocycles. The van der Waals surface area contributed by atoms with E-state index in [0.29, 0.717) is 33.3 Å². The van der Waals surface area contributed by atoms with E-state index in [9.17, 15) is 4.79 Å². The molecule has 0 atom stereocenters. The summed E-state index contributed by atoms with van der Waals surface area (Å²) in [5.41, 5.74) is 3.13. The predicted octanol–water partition coefficient (Wildman–Crippen LogP) is 5.39. The number of carbonyl (C=O) groups is 1. The molecule has 0 unspecified atom stereocenters.